The number of furan rings is 1. The molecule has 0 saturated carbocycles. The molecule has 0 aliphatic carbocycles. The van der Waals surface area contributed by atoms with Crippen LogP contribution in [-0.4, -0.2) is 27.6 Å². The summed E-state index contributed by atoms with van der Waals surface area (Å²) < 4.78 is 8.65. The molecule has 0 spiro atoms. The number of fused-ring (bicyclic) bond motifs is 6. The van der Waals surface area contributed by atoms with E-state index in [-0.39, 0.29) is 20.1 Å². The zero-order chi connectivity index (χ0) is 33.5. The van der Waals surface area contributed by atoms with E-state index in [1.807, 2.05) is 85.9 Å². The van der Waals surface area contributed by atoms with Crippen molar-refractivity contribution in [2.45, 2.75) is 26.6 Å². The van der Waals surface area contributed by atoms with Gasteiger partial charge in [-0.2, -0.15) is 0 Å². The normalized spacial score (nSPS) is 11.4. The Hall–Kier alpha value is -5.20. The van der Waals surface area contributed by atoms with E-state index in [1.54, 1.807) is 0 Å². The van der Waals surface area contributed by atoms with Crippen LogP contribution < -0.4 is 5.19 Å². The number of hydrogen-bond donors (Lipinski definition) is 0. The molecule has 5 nitrogen and oxygen atoms in total. The van der Waals surface area contributed by atoms with Crippen LogP contribution in [0.3, 0.4) is 0 Å². The van der Waals surface area contributed by atoms with Crippen molar-refractivity contribution in [3.05, 3.63) is 151 Å². The van der Waals surface area contributed by atoms with Crippen molar-refractivity contribution in [1.29, 1.82) is 0 Å². The van der Waals surface area contributed by atoms with Crippen LogP contribution in [0.4, 0.5) is 0 Å². The van der Waals surface area contributed by atoms with Gasteiger partial charge in [0.05, 0.1) is 25.0 Å². The molecule has 0 aliphatic rings. The zero-order valence-electron chi connectivity index (χ0n) is 28.2. The van der Waals surface area contributed by atoms with Crippen molar-refractivity contribution < 1.29 is 24.5 Å². The monoisotopic (exact) mass is 843 g/mol. The van der Waals surface area contributed by atoms with Crippen molar-refractivity contribution >= 4 is 57.1 Å². The first-order valence-corrected chi connectivity index (χ1v) is 20.0. The Bertz CT molecular complexity index is 2590. The number of imidazole rings is 1. The Morgan fingerprint density at radius 3 is 2.20 bits per heavy atom. The third kappa shape index (κ3) is 6.20. The molecule has 0 unspecified atom stereocenters. The molecule has 7 heteroatoms. The molecule has 9 aromatic rings. The van der Waals surface area contributed by atoms with E-state index in [9.17, 15) is 0 Å². The van der Waals surface area contributed by atoms with Gasteiger partial charge in [0.25, 0.3) is 0 Å². The molecule has 0 fully saturated rings. The Morgan fingerprint density at radius 2 is 1.44 bits per heavy atom. The van der Waals surface area contributed by atoms with Crippen LogP contribution >= 0.6 is 0 Å². The average Bonchev–Trinajstić information content (AvgIpc) is 3.71. The molecule has 9 rings (SSSR count). The summed E-state index contributed by atoms with van der Waals surface area (Å²) in [6.45, 7) is 8.99. The van der Waals surface area contributed by atoms with Crippen LogP contribution in [0.2, 0.25) is 19.6 Å². The second-order valence-corrected chi connectivity index (χ2v) is 18.3. The van der Waals surface area contributed by atoms with E-state index in [2.05, 4.69) is 95.9 Å². The average molecular weight is 843 g/mol. The Labute approximate surface area is 306 Å². The molecular formula is C43H34IrN4OSi-2. The zero-order valence-corrected chi connectivity index (χ0v) is 31.6. The fourth-order valence-corrected chi connectivity index (χ4v) is 7.26. The summed E-state index contributed by atoms with van der Waals surface area (Å²) in [4.78, 5) is 14.3. The largest absolute Gasteiger partial charge is 0.500 e. The molecular weight excluding hydrogens is 809 g/mol. The third-order valence-corrected chi connectivity index (χ3v) is 10.8. The maximum Gasteiger partial charge on any atom is 0.155 e. The molecule has 0 saturated heterocycles. The Kier molecular flexibility index (Phi) is 9.06. The fourth-order valence-electron chi connectivity index (χ4n) is 6.23. The van der Waals surface area contributed by atoms with Gasteiger partial charge in [-0.25, -0.2) is 4.98 Å². The summed E-state index contributed by atoms with van der Waals surface area (Å²) in [5.41, 5.74) is 8.17. The smallest absolute Gasteiger partial charge is 0.155 e. The molecule has 5 aromatic carbocycles. The molecule has 4 heterocycles. The van der Waals surface area contributed by atoms with Gasteiger partial charge in [-0.1, -0.05) is 97.3 Å². The second-order valence-electron chi connectivity index (χ2n) is 13.2. The van der Waals surface area contributed by atoms with Crippen molar-refractivity contribution in [3.63, 3.8) is 0 Å². The summed E-state index contributed by atoms with van der Waals surface area (Å²) in [5.74, 6) is 0.767. The van der Waals surface area contributed by atoms with Crippen LogP contribution in [0.25, 0.3) is 72.2 Å². The van der Waals surface area contributed by atoms with Crippen molar-refractivity contribution in [2.75, 3.05) is 0 Å². The number of rotatable bonds is 4. The number of pyridine rings is 2. The van der Waals surface area contributed by atoms with Gasteiger partial charge in [0.2, 0.25) is 0 Å². The second kappa shape index (κ2) is 13.6. The van der Waals surface area contributed by atoms with Crippen LogP contribution in [0, 0.1) is 19.1 Å². The first-order valence-electron chi connectivity index (χ1n) is 16.5. The minimum Gasteiger partial charge on any atom is -0.500 e. The van der Waals surface area contributed by atoms with Gasteiger partial charge in [0.15, 0.2) is 5.65 Å². The summed E-state index contributed by atoms with van der Waals surface area (Å²) >= 11 is 0. The van der Waals surface area contributed by atoms with Crippen LogP contribution in [0.15, 0.2) is 138 Å². The summed E-state index contributed by atoms with van der Waals surface area (Å²) in [7, 11) is -1.23. The van der Waals surface area contributed by atoms with Gasteiger partial charge in [0.1, 0.15) is 5.58 Å². The summed E-state index contributed by atoms with van der Waals surface area (Å²) in [5, 5.41) is 5.81. The van der Waals surface area contributed by atoms with Crippen LogP contribution in [-0.2, 0) is 20.1 Å². The maximum absolute atomic E-state index is 6.56. The number of aromatic nitrogens is 4. The van der Waals surface area contributed by atoms with Gasteiger partial charge in [-0.05, 0) is 47.5 Å². The molecule has 0 bridgehead atoms. The van der Waals surface area contributed by atoms with Crippen molar-refractivity contribution in [3.8, 4) is 28.3 Å². The molecule has 0 amide bonds. The molecule has 247 valence electrons. The predicted octanol–water partition coefficient (Wildman–Crippen LogP) is 10.3. The van der Waals surface area contributed by atoms with E-state index >= 15 is 0 Å². The number of aryl methyl sites for hydroxylation is 1. The predicted molar refractivity (Wildman–Crippen MR) is 204 cm³/mol. The van der Waals surface area contributed by atoms with Crippen LogP contribution in [0.5, 0.6) is 0 Å². The van der Waals surface area contributed by atoms with E-state index in [1.165, 1.54) is 5.19 Å². The Morgan fingerprint density at radius 1 is 0.660 bits per heavy atom. The summed E-state index contributed by atoms with van der Waals surface area (Å²) in [6, 6.07) is 49.7. The van der Waals surface area contributed by atoms with Gasteiger partial charge < -0.3 is 14.0 Å². The van der Waals surface area contributed by atoms with Gasteiger partial charge >= 0.3 is 0 Å². The summed E-state index contributed by atoms with van der Waals surface area (Å²) in [6.07, 6.45) is 2.02. The molecule has 1 radical (unpaired) electrons. The molecule has 4 aromatic heterocycles. The fraction of sp³-hybridized carbons (Fsp3) is 0.0930. The first-order chi connectivity index (χ1) is 23.8. The van der Waals surface area contributed by atoms with Crippen LogP contribution in [0.1, 0.15) is 5.69 Å². The number of hydrogen-bond acceptors (Lipinski definition) is 4. The van der Waals surface area contributed by atoms with E-state index in [0.717, 1.165) is 77.9 Å². The maximum atomic E-state index is 6.56. The van der Waals surface area contributed by atoms with E-state index in [4.69, 9.17) is 14.4 Å². The topological polar surface area (TPSA) is 56.7 Å². The Balaban J connectivity index is 0.000000196. The molecule has 0 aliphatic heterocycles. The standard InChI is InChI=1S/C29H18N3O.C14H16NSi.Ir/c1-18-14-17-25-29(30-18)32(20-9-3-2-4-10-20)28(31-25)24-13-7-12-22-23-16-15-19-8-5-6-11-21(19)26(23)33-27(22)24;1-16(2,3)13-9-10-14(15-11-13)12-7-5-4-6-8-12;/h2-12,14-17H,1H3;4-7,9-11H,1-3H3;/q2*-1;. The SMILES string of the molecule is C[Si](C)(C)c1ccc(-c2[c-]cccc2)nc1.Cc1ccc2nc(-c3[c-]ccc4c3oc3c5ccccc5ccc43)n(-c3ccccc3)c2n1.[Ir]. The van der Waals surface area contributed by atoms with Gasteiger partial charge in [-0.15, -0.1) is 54.1 Å². The van der Waals surface area contributed by atoms with Gasteiger partial charge in [-0.3, -0.25) is 4.98 Å². The first kappa shape index (κ1) is 33.3. The number of nitrogens with zero attached hydrogens (tertiary/aromatic N) is 4. The number of para-hydroxylation sites is 1. The molecule has 50 heavy (non-hydrogen) atoms. The third-order valence-electron chi connectivity index (χ3n) is 8.82. The number of benzene rings is 5. The van der Waals surface area contributed by atoms with Gasteiger partial charge in [0, 0.05) is 48.5 Å². The minimum atomic E-state index is -1.23. The molecule has 0 atom stereocenters. The van der Waals surface area contributed by atoms with E-state index < -0.39 is 8.07 Å². The van der Waals surface area contributed by atoms with Crippen molar-refractivity contribution in [1.82, 2.24) is 19.5 Å². The van der Waals surface area contributed by atoms with E-state index in [0.29, 0.717) is 0 Å². The van der Waals surface area contributed by atoms with Crippen molar-refractivity contribution in [2.24, 2.45) is 0 Å². The molecule has 0 N–H and O–H groups in total. The quantitative estimate of drug-likeness (QED) is 0.131. The minimum absolute atomic E-state index is 0.